The average molecular weight is 423 g/mol. The highest BCUT2D eigenvalue weighted by Gasteiger charge is 2.46. The number of aliphatic hydroxyl groups excluding tert-OH is 1. The van der Waals surface area contributed by atoms with Crippen molar-refractivity contribution in [3.05, 3.63) is 44.9 Å². The number of carbonyl (C=O) groups is 1. The van der Waals surface area contributed by atoms with Crippen LogP contribution in [0.1, 0.15) is 46.4 Å². The molecule has 0 amide bonds. The van der Waals surface area contributed by atoms with E-state index in [9.17, 15) is 9.90 Å². The van der Waals surface area contributed by atoms with Crippen molar-refractivity contribution >= 4 is 34.6 Å². The molecule has 3 N–H and O–H groups in total. The Morgan fingerprint density at radius 3 is 2.96 bits per heavy atom. The average Bonchev–Trinajstić information content (AvgIpc) is 3.27. The molecular formula is C20H23ClN2O4S. The summed E-state index contributed by atoms with van der Waals surface area (Å²) >= 11 is 7.41. The number of carboxylic acid groups (broad SMARTS) is 1. The molecule has 2 heterocycles. The molecule has 1 aliphatic heterocycles. The minimum atomic E-state index is -1.02. The van der Waals surface area contributed by atoms with Gasteiger partial charge in [0.2, 0.25) is 0 Å². The lowest BCUT2D eigenvalue weighted by molar-refractivity contribution is -0.0783. The summed E-state index contributed by atoms with van der Waals surface area (Å²) in [6, 6.07) is 5.84. The highest BCUT2D eigenvalue weighted by atomic mass is 35.5. The number of fused-ring (bicyclic) bond motifs is 1. The van der Waals surface area contributed by atoms with Gasteiger partial charge in [0.25, 0.3) is 0 Å². The van der Waals surface area contributed by atoms with Crippen LogP contribution >= 0.6 is 22.9 Å². The van der Waals surface area contributed by atoms with E-state index in [4.69, 9.17) is 21.4 Å². The lowest BCUT2D eigenvalue weighted by Crippen LogP contribution is -2.33. The molecule has 1 aromatic heterocycles. The smallest absolute Gasteiger partial charge is 0.355 e. The second-order valence-corrected chi connectivity index (χ2v) is 8.89. The molecule has 0 unspecified atom stereocenters. The first-order valence-electron chi connectivity index (χ1n) is 9.44. The Labute approximate surface area is 172 Å². The molecule has 5 atom stereocenters. The van der Waals surface area contributed by atoms with Crippen molar-refractivity contribution < 1.29 is 19.7 Å². The fourth-order valence-electron chi connectivity index (χ4n) is 4.32. The number of hydrogen-bond acceptors (Lipinski definition) is 6. The number of aromatic nitrogens is 1. The number of hydrogen-bond donors (Lipinski definition) is 3. The Bertz CT molecular complexity index is 874. The number of thiazole rings is 1. The molecule has 2 aliphatic rings. The van der Waals surface area contributed by atoms with Gasteiger partial charge in [-0.15, -0.1) is 11.3 Å². The van der Waals surface area contributed by atoms with Gasteiger partial charge in [-0.2, -0.15) is 0 Å². The van der Waals surface area contributed by atoms with E-state index in [0.717, 1.165) is 29.1 Å². The lowest BCUT2D eigenvalue weighted by atomic mass is 9.86. The van der Waals surface area contributed by atoms with Crippen molar-refractivity contribution in [3.63, 3.8) is 0 Å². The standard InChI is InChI=1S/C20H23ClN2O4S/c1-10-6-11(2-4-14(10)21)22-8-13-12-3-5-17(27-18(12)7-16(13)24)19-23-15(9-28-19)20(25)26/h2,4,6,9,12-13,16-18,22,24H,3,5,7-8H2,1H3,(H,25,26)/t12-,13-,16+,17-,18+/m1/s1. The third kappa shape index (κ3) is 3.89. The quantitative estimate of drug-likeness (QED) is 0.671. The molecule has 0 bridgehead atoms. The normalized spacial score (nSPS) is 29.5. The Hall–Kier alpha value is -1.67. The summed E-state index contributed by atoms with van der Waals surface area (Å²) in [6.45, 7) is 2.65. The first-order chi connectivity index (χ1) is 13.4. The third-order valence-electron chi connectivity index (χ3n) is 5.81. The molecule has 1 saturated carbocycles. The minimum absolute atomic E-state index is 0.0234. The summed E-state index contributed by atoms with van der Waals surface area (Å²) in [5, 5.41) is 26.1. The van der Waals surface area contributed by atoms with E-state index in [1.54, 1.807) is 5.38 Å². The van der Waals surface area contributed by atoms with E-state index >= 15 is 0 Å². The van der Waals surface area contributed by atoms with Crippen LogP contribution in [-0.4, -0.2) is 39.9 Å². The van der Waals surface area contributed by atoms with Gasteiger partial charge in [-0.05, 0) is 49.4 Å². The molecule has 1 aromatic carbocycles. The predicted octanol–water partition coefficient (Wildman–Crippen LogP) is 4.13. The van der Waals surface area contributed by atoms with E-state index in [2.05, 4.69) is 10.3 Å². The van der Waals surface area contributed by atoms with Crippen LogP contribution in [0.2, 0.25) is 5.02 Å². The zero-order valence-corrected chi connectivity index (χ0v) is 17.0. The first-order valence-corrected chi connectivity index (χ1v) is 10.7. The number of nitrogens with one attached hydrogen (secondary N) is 1. The first kappa shape index (κ1) is 19.6. The van der Waals surface area contributed by atoms with Crippen molar-refractivity contribution in [2.45, 2.75) is 44.5 Å². The van der Waals surface area contributed by atoms with Crippen LogP contribution in [0, 0.1) is 18.8 Å². The van der Waals surface area contributed by atoms with E-state index in [1.165, 1.54) is 11.3 Å². The Morgan fingerprint density at radius 1 is 1.43 bits per heavy atom. The molecule has 8 heteroatoms. The number of halogens is 1. The predicted molar refractivity (Wildman–Crippen MR) is 108 cm³/mol. The van der Waals surface area contributed by atoms with Gasteiger partial charge in [-0.3, -0.25) is 0 Å². The van der Waals surface area contributed by atoms with Crippen molar-refractivity contribution in [2.24, 2.45) is 11.8 Å². The molecule has 28 heavy (non-hydrogen) atoms. The molecule has 6 nitrogen and oxygen atoms in total. The molecule has 1 saturated heterocycles. The van der Waals surface area contributed by atoms with Gasteiger partial charge in [0, 0.05) is 35.0 Å². The number of aliphatic hydroxyl groups is 1. The number of aryl methyl sites for hydroxylation is 1. The zero-order valence-electron chi connectivity index (χ0n) is 15.5. The summed E-state index contributed by atoms with van der Waals surface area (Å²) in [7, 11) is 0. The molecule has 2 fully saturated rings. The van der Waals surface area contributed by atoms with Gasteiger partial charge in [-0.25, -0.2) is 9.78 Å². The SMILES string of the molecule is Cc1cc(NC[C@@H]2[C@H]3CC[C@H](c4nc(C(=O)O)cs4)O[C@H]3C[C@@H]2O)ccc1Cl. The van der Waals surface area contributed by atoms with Crippen LogP contribution in [0.3, 0.4) is 0 Å². The molecule has 1 aliphatic carbocycles. The summed E-state index contributed by atoms with van der Waals surface area (Å²) in [4.78, 5) is 15.2. The highest BCUT2D eigenvalue weighted by Crippen LogP contribution is 2.46. The van der Waals surface area contributed by atoms with Gasteiger partial charge >= 0.3 is 5.97 Å². The maximum Gasteiger partial charge on any atom is 0.355 e. The topological polar surface area (TPSA) is 91.7 Å². The number of benzene rings is 1. The Balaban J connectivity index is 1.39. The van der Waals surface area contributed by atoms with Crippen LogP contribution in [0.15, 0.2) is 23.6 Å². The lowest BCUT2D eigenvalue weighted by Gasteiger charge is -2.34. The van der Waals surface area contributed by atoms with Crippen molar-refractivity contribution in [2.75, 3.05) is 11.9 Å². The molecule has 150 valence electrons. The van der Waals surface area contributed by atoms with E-state index < -0.39 is 12.1 Å². The van der Waals surface area contributed by atoms with Gasteiger partial charge in [-0.1, -0.05) is 11.6 Å². The van der Waals surface area contributed by atoms with Crippen LogP contribution in [-0.2, 0) is 4.74 Å². The van der Waals surface area contributed by atoms with Crippen LogP contribution < -0.4 is 5.32 Å². The number of rotatable bonds is 5. The molecule has 4 rings (SSSR count). The molecule has 2 aromatic rings. The summed E-state index contributed by atoms with van der Waals surface area (Å²) in [5.41, 5.74) is 2.08. The maximum absolute atomic E-state index is 11.1. The van der Waals surface area contributed by atoms with Gasteiger partial charge in [0.1, 0.15) is 11.1 Å². The third-order valence-corrected chi connectivity index (χ3v) is 7.17. The fraction of sp³-hybridized carbons (Fsp3) is 0.500. The second-order valence-electron chi connectivity index (χ2n) is 7.59. The van der Waals surface area contributed by atoms with Gasteiger partial charge in [0.05, 0.1) is 12.2 Å². The maximum atomic E-state index is 11.1. The van der Waals surface area contributed by atoms with E-state index in [-0.39, 0.29) is 29.7 Å². The molecular weight excluding hydrogens is 400 g/mol. The number of anilines is 1. The Kier molecular flexibility index (Phi) is 5.60. The second kappa shape index (κ2) is 7.99. The number of ether oxygens (including phenoxy) is 1. The number of aromatic carboxylic acids is 1. The largest absolute Gasteiger partial charge is 0.476 e. The van der Waals surface area contributed by atoms with Crippen LogP contribution in [0.25, 0.3) is 0 Å². The highest BCUT2D eigenvalue weighted by molar-refractivity contribution is 7.09. The fourth-order valence-corrected chi connectivity index (χ4v) is 5.30. The van der Waals surface area contributed by atoms with Crippen molar-refractivity contribution in [1.29, 1.82) is 0 Å². The van der Waals surface area contributed by atoms with E-state index in [0.29, 0.717) is 18.0 Å². The van der Waals surface area contributed by atoms with Crippen LogP contribution in [0.4, 0.5) is 5.69 Å². The zero-order chi connectivity index (χ0) is 19.8. The monoisotopic (exact) mass is 422 g/mol. The summed E-state index contributed by atoms with van der Waals surface area (Å²) in [6.07, 6.45) is 1.70. The number of carboxylic acids is 1. The van der Waals surface area contributed by atoms with Gasteiger partial charge in [0.15, 0.2) is 5.69 Å². The summed E-state index contributed by atoms with van der Waals surface area (Å²) < 4.78 is 6.23. The number of nitrogens with zero attached hydrogens (tertiary/aromatic N) is 1. The van der Waals surface area contributed by atoms with Gasteiger partial charge < -0.3 is 20.3 Å². The van der Waals surface area contributed by atoms with E-state index in [1.807, 2.05) is 25.1 Å². The van der Waals surface area contributed by atoms with Crippen molar-refractivity contribution in [1.82, 2.24) is 4.98 Å². The van der Waals surface area contributed by atoms with Crippen molar-refractivity contribution in [3.8, 4) is 0 Å². The molecule has 0 radical (unpaired) electrons. The molecule has 0 spiro atoms. The minimum Gasteiger partial charge on any atom is -0.476 e. The van der Waals surface area contributed by atoms with Crippen LogP contribution in [0.5, 0.6) is 0 Å². The summed E-state index contributed by atoms with van der Waals surface area (Å²) in [5.74, 6) is -0.616. The Morgan fingerprint density at radius 2 is 2.25 bits per heavy atom.